The highest BCUT2D eigenvalue weighted by Gasteiger charge is 2.33. The van der Waals surface area contributed by atoms with Gasteiger partial charge in [-0.2, -0.15) is 0 Å². The van der Waals surface area contributed by atoms with E-state index in [0.29, 0.717) is 6.54 Å². The molecule has 0 heterocycles. The minimum absolute atomic E-state index is 0.206. The molecule has 0 atom stereocenters. The van der Waals surface area contributed by atoms with Gasteiger partial charge in [0.25, 0.3) is 0 Å². The number of rotatable bonds is 8. The SMILES string of the molecule is COC(=O)CCN(CCCN(C)C)C(=O)C1CC1. The van der Waals surface area contributed by atoms with Gasteiger partial charge in [-0.1, -0.05) is 0 Å². The molecule has 0 aromatic heterocycles. The molecule has 1 fully saturated rings. The van der Waals surface area contributed by atoms with Gasteiger partial charge < -0.3 is 14.5 Å². The fraction of sp³-hybridized carbons (Fsp3) is 0.846. The molecule has 1 saturated carbocycles. The predicted octanol–water partition coefficient (Wildman–Crippen LogP) is 0.740. The predicted molar refractivity (Wildman–Crippen MR) is 69.1 cm³/mol. The number of carbonyl (C=O) groups excluding carboxylic acids is 2. The third-order valence-electron chi connectivity index (χ3n) is 3.09. The van der Waals surface area contributed by atoms with E-state index in [4.69, 9.17) is 0 Å². The van der Waals surface area contributed by atoms with E-state index in [1.807, 2.05) is 19.0 Å². The zero-order valence-electron chi connectivity index (χ0n) is 11.6. The van der Waals surface area contributed by atoms with Crippen LogP contribution >= 0.6 is 0 Å². The van der Waals surface area contributed by atoms with Crippen LogP contribution in [0.2, 0.25) is 0 Å². The highest BCUT2D eigenvalue weighted by atomic mass is 16.5. The molecule has 1 aliphatic rings. The molecule has 0 saturated heterocycles. The summed E-state index contributed by atoms with van der Waals surface area (Å²) >= 11 is 0. The second kappa shape index (κ2) is 7.36. The van der Waals surface area contributed by atoms with Crippen LogP contribution in [-0.2, 0) is 14.3 Å². The first-order valence-corrected chi connectivity index (χ1v) is 6.55. The number of methoxy groups -OCH3 is 1. The van der Waals surface area contributed by atoms with Gasteiger partial charge in [-0.15, -0.1) is 0 Å². The number of nitrogens with zero attached hydrogens (tertiary/aromatic N) is 2. The van der Waals surface area contributed by atoms with Crippen LogP contribution in [0, 0.1) is 5.92 Å². The van der Waals surface area contributed by atoms with E-state index in [9.17, 15) is 9.59 Å². The van der Waals surface area contributed by atoms with Crippen LogP contribution < -0.4 is 0 Å². The lowest BCUT2D eigenvalue weighted by atomic mass is 10.2. The second-order valence-corrected chi connectivity index (χ2v) is 5.08. The minimum atomic E-state index is -0.254. The van der Waals surface area contributed by atoms with Crippen molar-refractivity contribution in [3.63, 3.8) is 0 Å². The lowest BCUT2D eigenvalue weighted by Gasteiger charge is -2.23. The Hall–Kier alpha value is -1.10. The van der Waals surface area contributed by atoms with E-state index >= 15 is 0 Å². The van der Waals surface area contributed by atoms with E-state index in [0.717, 1.165) is 32.4 Å². The zero-order chi connectivity index (χ0) is 13.5. The van der Waals surface area contributed by atoms with Gasteiger partial charge in [-0.3, -0.25) is 9.59 Å². The Labute approximate surface area is 109 Å². The van der Waals surface area contributed by atoms with E-state index in [-0.39, 0.29) is 24.2 Å². The Balaban J connectivity index is 2.36. The lowest BCUT2D eigenvalue weighted by Crippen LogP contribution is -2.36. The summed E-state index contributed by atoms with van der Waals surface area (Å²) in [5.74, 6) is 0.163. The zero-order valence-corrected chi connectivity index (χ0v) is 11.6. The molecule has 0 N–H and O–H groups in total. The van der Waals surface area contributed by atoms with Gasteiger partial charge >= 0.3 is 5.97 Å². The average molecular weight is 256 g/mol. The molecule has 1 rings (SSSR count). The van der Waals surface area contributed by atoms with Crippen LogP contribution in [0.25, 0.3) is 0 Å². The summed E-state index contributed by atoms with van der Waals surface area (Å²) in [5, 5.41) is 0. The summed E-state index contributed by atoms with van der Waals surface area (Å²) < 4.78 is 4.61. The van der Waals surface area contributed by atoms with E-state index in [2.05, 4.69) is 9.64 Å². The lowest BCUT2D eigenvalue weighted by molar-refractivity contribution is -0.142. The quantitative estimate of drug-likeness (QED) is 0.601. The maximum absolute atomic E-state index is 12.0. The van der Waals surface area contributed by atoms with Crippen LogP contribution in [0.4, 0.5) is 0 Å². The third-order valence-corrected chi connectivity index (χ3v) is 3.09. The Morgan fingerprint density at radius 1 is 1.17 bits per heavy atom. The average Bonchev–Trinajstić information content (AvgIpc) is 3.15. The highest BCUT2D eigenvalue weighted by Crippen LogP contribution is 2.31. The first kappa shape index (κ1) is 15.0. The van der Waals surface area contributed by atoms with Crippen molar-refractivity contribution in [2.24, 2.45) is 5.92 Å². The molecule has 0 aliphatic heterocycles. The van der Waals surface area contributed by atoms with E-state index < -0.39 is 0 Å². The monoisotopic (exact) mass is 256 g/mol. The number of carbonyl (C=O) groups is 2. The van der Waals surface area contributed by atoms with Gasteiger partial charge in [0.2, 0.25) is 5.91 Å². The molecule has 18 heavy (non-hydrogen) atoms. The van der Waals surface area contributed by atoms with Gasteiger partial charge in [0.1, 0.15) is 0 Å². The number of ether oxygens (including phenoxy) is 1. The first-order chi connectivity index (χ1) is 8.54. The fourth-order valence-electron chi connectivity index (χ4n) is 1.83. The summed E-state index contributed by atoms with van der Waals surface area (Å²) in [6.45, 7) is 2.16. The molecule has 0 spiro atoms. The molecule has 1 amide bonds. The summed E-state index contributed by atoms with van der Waals surface area (Å²) in [7, 11) is 5.41. The minimum Gasteiger partial charge on any atom is -0.469 e. The van der Waals surface area contributed by atoms with Gasteiger partial charge in [0, 0.05) is 19.0 Å². The summed E-state index contributed by atoms with van der Waals surface area (Å²) in [6.07, 6.45) is 3.23. The Bertz CT molecular complexity index is 288. The van der Waals surface area contributed by atoms with Gasteiger partial charge in [-0.05, 0) is 39.9 Å². The molecule has 0 aromatic rings. The van der Waals surface area contributed by atoms with Crippen LogP contribution in [0.15, 0.2) is 0 Å². The van der Waals surface area contributed by atoms with Crippen LogP contribution in [0.3, 0.4) is 0 Å². The second-order valence-electron chi connectivity index (χ2n) is 5.08. The fourth-order valence-corrected chi connectivity index (χ4v) is 1.83. The number of esters is 1. The normalized spacial score (nSPS) is 14.7. The molecule has 0 aromatic carbocycles. The van der Waals surface area contributed by atoms with Crippen molar-refractivity contribution in [1.82, 2.24) is 9.80 Å². The summed E-state index contributed by atoms with van der Waals surface area (Å²) in [6, 6.07) is 0. The summed E-state index contributed by atoms with van der Waals surface area (Å²) in [4.78, 5) is 27.1. The maximum Gasteiger partial charge on any atom is 0.307 e. The van der Waals surface area contributed by atoms with Crippen LogP contribution in [0.5, 0.6) is 0 Å². The topological polar surface area (TPSA) is 49.9 Å². The smallest absolute Gasteiger partial charge is 0.307 e. The van der Waals surface area contributed by atoms with Gasteiger partial charge in [0.15, 0.2) is 0 Å². The maximum atomic E-state index is 12.0. The molecule has 0 unspecified atom stereocenters. The first-order valence-electron chi connectivity index (χ1n) is 6.55. The standard InChI is InChI=1S/C13H24N2O3/c1-14(2)8-4-9-15(10-7-12(16)18-3)13(17)11-5-6-11/h11H,4-10H2,1-3H3. The van der Waals surface area contributed by atoms with Gasteiger partial charge in [0.05, 0.1) is 13.5 Å². The highest BCUT2D eigenvalue weighted by molar-refractivity contribution is 5.81. The molecule has 1 aliphatic carbocycles. The Morgan fingerprint density at radius 3 is 2.33 bits per heavy atom. The van der Waals surface area contributed by atoms with Crippen LogP contribution in [-0.4, -0.2) is 62.5 Å². The van der Waals surface area contributed by atoms with Crippen molar-refractivity contribution < 1.29 is 14.3 Å². The largest absolute Gasteiger partial charge is 0.469 e. The molecule has 5 heteroatoms. The van der Waals surface area contributed by atoms with Gasteiger partial charge in [-0.25, -0.2) is 0 Å². The molecule has 104 valence electrons. The van der Waals surface area contributed by atoms with Crippen molar-refractivity contribution in [2.75, 3.05) is 40.8 Å². The van der Waals surface area contributed by atoms with Crippen LogP contribution in [0.1, 0.15) is 25.7 Å². The van der Waals surface area contributed by atoms with E-state index in [1.165, 1.54) is 7.11 Å². The molecule has 5 nitrogen and oxygen atoms in total. The van der Waals surface area contributed by atoms with Crippen molar-refractivity contribution in [3.05, 3.63) is 0 Å². The van der Waals surface area contributed by atoms with E-state index in [1.54, 1.807) is 0 Å². The van der Waals surface area contributed by atoms with Crippen molar-refractivity contribution in [2.45, 2.75) is 25.7 Å². The van der Waals surface area contributed by atoms with Crippen molar-refractivity contribution in [3.8, 4) is 0 Å². The number of hydrogen-bond donors (Lipinski definition) is 0. The number of hydrogen-bond acceptors (Lipinski definition) is 4. The summed E-state index contributed by atoms with van der Waals surface area (Å²) in [5.41, 5.74) is 0. The van der Waals surface area contributed by atoms with Crippen molar-refractivity contribution in [1.29, 1.82) is 0 Å². The number of amides is 1. The Morgan fingerprint density at radius 2 is 1.83 bits per heavy atom. The molecule has 0 radical (unpaired) electrons. The third kappa shape index (κ3) is 5.49. The Kier molecular flexibility index (Phi) is 6.12. The molecular formula is C13H24N2O3. The van der Waals surface area contributed by atoms with Crippen molar-refractivity contribution >= 4 is 11.9 Å². The molecular weight excluding hydrogens is 232 g/mol. The molecule has 0 bridgehead atoms.